The highest BCUT2D eigenvalue weighted by Crippen LogP contribution is 2.40. The molecule has 0 spiro atoms. The van der Waals surface area contributed by atoms with Crippen LogP contribution in [0.25, 0.3) is 0 Å². The van der Waals surface area contributed by atoms with Crippen LogP contribution in [0.2, 0.25) is 0 Å². The number of anilines is 1. The minimum Gasteiger partial charge on any atom is -0.353 e. The first-order chi connectivity index (χ1) is 11.6. The number of aryl methyl sites for hydroxylation is 2. The van der Waals surface area contributed by atoms with E-state index in [-0.39, 0.29) is 23.7 Å². The summed E-state index contributed by atoms with van der Waals surface area (Å²) in [6.07, 6.45) is 7.79. The van der Waals surface area contributed by atoms with Gasteiger partial charge >= 0.3 is 0 Å². The van der Waals surface area contributed by atoms with Crippen LogP contribution in [0, 0.1) is 25.7 Å². The van der Waals surface area contributed by atoms with Gasteiger partial charge in [0.15, 0.2) is 0 Å². The molecule has 2 N–H and O–H groups in total. The van der Waals surface area contributed by atoms with Gasteiger partial charge in [0.1, 0.15) is 0 Å². The highest BCUT2D eigenvalue weighted by molar-refractivity contribution is 6.00. The summed E-state index contributed by atoms with van der Waals surface area (Å²) >= 11 is 0. The second-order valence-electron chi connectivity index (χ2n) is 7.40. The molecule has 0 heterocycles. The maximum absolute atomic E-state index is 12.5. The number of para-hydroxylation sites is 1. The number of carbonyl (C=O) groups excluding carboxylic acids is 2. The van der Waals surface area contributed by atoms with E-state index in [1.807, 2.05) is 32.0 Å². The average Bonchev–Trinajstić information content (AvgIpc) is 3.35. The molecule has 2 amide bonds. The summed E-state index contributed by atoms with van der Waals surface area (Å²) in [5.74, 6) is -0.260. The lowest BCUT2D eigenvalue weighted by Crippen LogP contribution is -2.36. The van der Waals surface area contributed by atoms with E-state index >= 15 is 0 Å². The Morgan fingerprint density at radius 1 is 0.917 bits per heavy atom. The van der Waals surface area contributed by atoms with Crippen LogP contribution in [0.3, 0.4) is 0 Å². The largest absolute Gasteiger partial charge is 0.353 e. The normalized spacial score (nSPS) is 24.1. The summed E-state index contributed by atoms with van der Waals surface area (Å²) in [6, 6.07) is 6.28. The molecule has 4 heteroatoms. The predicted octanol–water partition coefficient (Wildman–Crippen LogP) is 3.72. The lowest BCUT2D eigenvalue weighted by atomic mass is 10.1. The fourth-order valence-corrected chi connectivity index (χ4v) is 3.73. The summed E-state index contributed by atoms with van der Waals surface area (Å²) in [6.45, 7) is 3.98. The molecular weight excluding hydrogens is 300 g/mol. The first kappa shape index (κ1) is 17.0. The molecule has 0 aliphatic heterocycles. The lowest BCUT2D eigenvalue weighted by molar-refractivity contribution is -0.125. The third-order valence-electron chi connectivity index (χ3n) is 5.39. The van der Waals surface area contributed by atoms with Gasteiger partial charge in [0, 0.05) is 11.7 Å². The highest BCUT2D eigenvalue weighted by atomic mass is 16.2. The van der Waals surface area contributed by atoms with Crippen LogP contribution >= 0.6 is 0 Å². The minimum atomic E-state index is -0.171. The monoisotopic (exact) mass is 328 g/mol. The molecule has 24 heavy (non-hydrogen) atoms. The summed E-state index contributed by atoms with van der Waals surface area (Å²) in [5, 5.41) is 6.19. The van der Waals surface area contributed by atoms with E-state index in [1.54, 1.807) is 0 Å². The molecule has 2 atom stereocenters. The first-order valence-corrected chi connectivity index (χ1v) is 9.23. The number of nitrogens with one attached hydrogen (secondary N) is 2. The van der Waals surface area contributed by atoms with Gasteiger partial charge in [0.25, 0.3) is 0 Å². The molecule has 2 aliphatic carbocycles. The Morgan fingerprint density at radius 2 is 1.50 bits per heavy atom. The van der Waals surface area contributed by atoms with Crippen molar-refractivity contribution in [2.45, 2.75) is 64.8 Å². The molecule has 2 saturated carbocycles. The topological polar surface area (TPSA) is 58.2 Å². The van der Waals surface area contributed by atoms with E-state index in [0.717, 1.165) is 29.7 Å². The molecule has 1 aromatic carbocycles. The van der Waals surface area contributed by atoms with Crippen LogP contribution in [-0.2, 0) is 9.59 Å². The van der Waals surface area contributed by atoms with E-state index in [1.165, 1.54) is 25.7 Å². The van der Waals surface area contributed by atoms with Gasteiger partial charge in [-0.3, -0.25) is 9.59 Å². The van der Waals surface area contributed by atoms with Crippen molar-refractivity contribution in [1.29, 1.82) is 0 Å². The van der Waals surface area contributed by atoms with Crippen molar-refractivity contribution in [3.8, 4) is 0 Å². The van der Waals surface area contributed by atoms with Crippen LogP contribution in [0.4, 0.5) is 5.69 Å². The summed E-state index contributed by atoms with van der Waals surface area (Å²) in [4.78, 5) is 24.8. The van der Waals surface area contributed by atoms with Crippen molar-refractivity contribution in [1.82, 2.24) is 5.32 Å². The number of hydrogen-bond acceptors (Lipinski definition) is 2. The van der Waals surface area contributed by atoms with Gasteiger partial charge in [-0.05, 0) is 44.2 Å². The Hall–Kier alpha value is -1.84. The van der Waals surface area contributed by atoms with Crippen LogP contribution < -0.4 is 10.6 Å². The van der Waals surface area contributed by atoms with Crippen molar-refractivity contribution in [2.75, 3.05) is 5.32 Å². The lowest BCUT2D eigenvalue weighted by Gasteiger charge is -2.16. The van der Waals surface area contributed by atoms with Gasteiger partial charge in [-0.1, -0.05) is 43.9 Å². The Labute approximate surface area is 144 Å². The van der Waals surface area contributed by atoms with E-state index in [9.17, 15) is 9.59 Å². The highest BCUT2D eigenvalue weighted by Gasteiger charge is 2.48. The van der Waals surface area contributed by atoms with Crippen molar-refractivity contribution >= 4 is 17.5 Å². The van der Waals surface area contributed by atoms with Crippen LogP contribution in [0.1, 0.15) is 56.1 Å². The maximum atomic E-state index is 12.5. The van der Waals surface area contributed by atoms with Gasteiger partial charge in [0.2, 0.25) is 11.8 Å². The van der Waals surface area contributed by atoms with E-state index in [4.69, 9.17) is 0 Å². The molecular formula is C20H28N2O2. The standard InChI is InChI=1S/C20H28N2O2/c1-13-8-7-9-14(2)18(13)22-20(24)17-12-16(17)19(23)21-15-10-5-3-4-6-11-15/h7-9,15-17H,3-6,10-12H2,1-2H3,(H,21,23)(H,22,24). The van der Waals surface area contributed by atoms with Gasteiger partial charge in [-0.15, -0.1) is 0 Å². The molecule has 0 saturated heterocycles. The second-order valence-corrected chi connectivity index (χ2v) is 7.40. The summed E-state index contributed by atoms with van der Waals surface area (Å²) in [5.41, 5.74) is 3.00. The first-order valence-electron chi connectivity index (χ1n) is 9.23. The molecule has 0 radical (unpaired) electrons. The van der Waals surface area contributed by atoms with Crippen molar-refractivity contribution < 1.29 is 9.59 Å². The number of carbonyl (C=O) groups is 2. The summed E-state index contributed by atoms with van der Waals surface area (Å²) < 4.78 is 0. The smallest absolute Gasteiger partial charge is 0.228 e. The number of hydrogen-bond donors (Lipinski definition) is 2. The molecule has 4 nitrogen and oxygen atoms in total. The second kappa shape index (κ2) is 7.37. The van der Waals surface area contributed by atoms with Gasteiger partial charge in [-0.25, -0.2) is 0 Å². The van der Waals surface area contributed by atoms with Crippen LogP contribution in [0.15, 0.2) is 18.2 Å². The molecule has 2 fully saturated rings. The molecule has 2 aliphatic rings. The molecule has 0 aromatic heterocycles. The van der Waals surface area contributed by atoms with E-state index in [2.05, 4.69) is 10.6 Å². The molecule has 1 aromatic rings. The van der Waals surface area contributed by atoms with Crippen LogP contribution in [-0.4, -0.2) is 17.9 Å². The Morgan fingerprint density at radius 3 is 2.12 bits per heavy atom. The zero-order valence-corrected chi connectivity index (χ0v) is 14.7. The third kappa shape index (κ3) is 3.97. The van der Waals surface area contributed by atoms with Crippen molar-refractivity contribution in [3.05, 3.63) is 29.3 Å². The molecule has 3 rings (SSSR count). The minimum absolute atomic E-state index is 0.0200. The Kier molecular flexibility index (Phi) is 5.22. The zero-order chi connectivity index (χ0) is 17.1. The Bertz CT molecular complexity index is 598. The van der Waals surface area contributed by atoms with Crippen molar-refractivity contribution in [2.24, 2.45) is 11.8 Å². The van der Waals surface area contributed by atoms with Crippen LogP contribution in [0.5, 0.6) is 0 Å². The van der Waals surface area contributed by atoms with Gasteiger partial charge in [-0.2, -0.15) is 0 Å². The number of rotatable bonds is 4. The van der Waals surface area contributed by atoms with Crippen molar-refractivity contribution in [3.63, 3.8) is 0 Å². The maximum Gasteiger partial charge on any atom is 0.228 e. The third-order valence-corrected chi connectivity index (χ3v) is 5.39. The van der Waals surface area contributed by atoms with E-state index < -0.39 is 0 Å². The molecule has 0 bridgehead atoms. The number of amides is 2. The van der Waals surface area contributed by atoms with E-state index in [0.29, 0.717) is 12.5 Å². The Balaban J connectivity index is 1.52. The average molecular weight is 328 g/mol. The molecule has 130 valence electrons. The zero-order valence-electron chi connectivity index (χ0n) is 14.7. The van der Waals surface area contributed by atoms with Gasteiger partial charge < -0.3 is 10.6 Å². The SMILES string of the molecule is Cc1cccc(C)c1NC(=O)C1CC1C(=O)NC1CCCCCC1. The predicted molar refractivity (Wildman–Crippen MR) is 95.8 cm³/mol. The number of benzene rings is 1. The van der Waals surface area contributed by atoms with Gasteiger partial charge in [0.05, 0.1) is 11.8 Å². The summed E-state index contributed by atoms with van der Waals surface area (Å²) in [7, 11) is 0. The molecule has 2 unspecified atom stereocenters. The fourth-order valence-electron chi connectivity index (χ4n) is 3.73. The fraction of sp³-hybridized carbons (Fsp3) is 0.600. The quantitative estimate of drug-likeness (QED) is 0.828.